The summed E-state index contributed by atoms with van der Waals surface area (Å²) in [5.41, 5.74) is 2.83. The van der Waals surface area contributed by atoms with Gasteiger partial charge < -0.3 is 5.32 Å². The lowest BCUT2D eigenvalue weighted by Gasteiger charge is -2.32. The van der Waals surface area contributed by atoms with Crippen LogP contribution in [0.2, 0.25) is 0 Å². The highest BCUT2D eigenvalue weighted by molar-refractivity contribution is 7.98. The lowest BCUT2D eigenvalue weighted by Crippen LogP contribution is -2.37. The molecule has 2 rings (SSSR count). The Bertz CT molecular complexity index is 367. The standard InChI is InChI=1S/C15H24N2S/c1-3-16-14(9-11-18-2)13-8-4-6-12-7-5-10-17-15(12)13/h5,7,10,13-14,16H,3-4,6,8-9,11H2,1-2H3. The highest BCUT2D eigenvalue weighted by Gasteiger charge is 2.27. The van der Waals surface area contributed by atoms with E-state index in [0.29, 0.717) is 12.0 Å². The Morgan fingerprint density at radius 3 is 3.22 bits per heavy atom. The highest BCUT2D eigenvalue weighted by Crippen LogP contribution is 2.33. The molecule has 1 heterocycles. The van der Waals surface area contributed by atoms with E-state index in [1.165, 1.54) is 42.7 Å². The molecule has 0 aliphatic heterocycles. The van der Waals surface area contributed by atoms with E-state index in [4.69, 9.17) is 0 Å². The van der Waals surface area contributed by atoms with Crippen molar-refractivity contribution in [3.63, 3.8) is 0 Å². The van der Waals surface area contributed by atoms with E-state index in [0.717, 1.165) is 6.54 Å². The topological polar surface area (TPSA) is 24.9 Å². The average Bonchev–Trinajstić information content (AvgIpc) is 2.43. The zero-order chi connectivity index (χ0) is 12.8. The zero-order valence-corrected chi connectivity index (χ0v) is 12.3. The predicted molar refractivity (Wildman–Crippen MR) is 80.4 cm³/mol. The number of rotatable bonds is 6. The van der Waals surface area contributed by atoms with Gasteiger partial charge in [0, 0.05) is 23.9 Å². The lowest BCUT2D eigenvalue weighted by molar-refractivity contribution is 0.384. The fourth-order valence-electron chi connectivity index (χ4n) is 2.99. The number of likely N-dealkylation sites (N-methyl/N-ethyl adjacent to an activating group) is 1. The molecule has 0 bridgehead atoms. The van der Waals surface area contributed by atoms with Gasteiger partial charge in [-0.3, -0.25) is 4.98 Å². The number of nitrogens with zero attached hydrogens (tertiary/aromatic N) is 1. The van der Waals surface area contributed by atoms with Crippen LogP contribution < -0.4 is 5.32 Å². The average molecular weight is 264 g/mol. The number of nitrogens with one attached hydrogen (secondary N) is 1. The van der Waals surface area contributed by atoms with Crippen LogP contribution in [0, 0.1) is 0 Å². The molecule has 0 radical (unpaired) electrons. The molecule has 0 amide bonds. The van der Waals surface area contributed by atoms with Crippen molar-refractivity contribution in [2.24, 2.45) is 0 Å². The Balaban J connectivity index is 2.15. The first-order valence-electron chi connectivity index (χ1n) is 7.03. The van der Waals surface area contributed by atoms with Crippen molar-refractivity contribution in [3.05, 3.63) is 29.6 Å². The maximum atomic E-state index is 4.67. The van der Waals surface area contributed by atoms with Crippen LogP contribution in [0.4, 0.5) is 0 Å². The minimum Gasteiger partial charge on any atom is -0.314 e. The van der Waals surface area contributed by atoms with Gasteiger partial charge in [0.2, 0.25) is 0 Å². The summed E-state index contributed by atoms with van der Waals surface area (Å²) < 4.78 is 0. The van der Waals surface area contributed by atoms with E-state index in [9.17, 15) is 0 Å². The maximum Gasteiger partial charge on any atom is 0.0481 e. The van der Waals surface area contributed by atoms with Crippen molar-refractivity contribution in [1.82, 2.24) is 10.3 Å². The molecule has 2 atom stereocenters. The van der Waals surface area contributed by atoms with Crippen LogP contribution in [0.1, 0.15) is 43.4 Å². The van der Waals surface area contributed by atoms with E-state index in [-0.39, 0.29) is 0 Å². The van der Waals surface area contributed by atoms with E-state index in [1.54, 1.807) is 0 Å². The van der Waals surface area contributed by atoms with E-state index in [2.05, 4.69) is 35.6 Å². The summed E-state index contributed by atoms with van der Waals surface area (Å²) in [5.74, 6) is 1.85. The maximum absolute atomic E-state index is 4.67. The molecule has 1 N–H and O–H groups in total. The third kappa shape index (κ3) is 3.27. The predicted octanol–water partition coefficient (Wildman–Crippen LogP) is 3.23. The molecule has 2 unspecified atom stereocenters. The van der Waals surface area contributed by atoms with Gasteiger partial charge in [-0.15, -0.1) is 0 Å². The van der Waals surface area contributed by atoms with Crippen molar-refractivity contribution >= 4 is 11.8 Å². The molecule has 1 aliphatic carbocycles. The Labute approximate surface area is 115 Å². The van der Waals surface area contributed by atoms with E-state index in [1.807, 2.05) is 18.0 Å². The second kappa shape index (κ2) is 7.15. The molecular weight excluding hydrogens is 240 g/mol. The Morgan fingerprint density at radius 1 is 1.56 bits per heavy atom. The van der Waals surface area contributed by atoms with Crippen LogP contribution >= 0.6 is 11.8 Å². The van der Waals surface area contributed by atoms with Gasteiger partial charge in [-0.05, 0) is 55.9 Å². The van der Waals surface area contributed by atoms with Gasteiger partial charge in [0.25, 0.3) is 0 Å². The Hall–Kier alpha value is -0.540. The minimum absolute atomic E-state index is 0.594. The fourth-order valence-corrected chi connectivity index (χ4v) is 3.48. The zero-order valence-electron chi connectivity index (χ0n) is 11.5. The van der Waals surface area contributed by atoms with Crippen LogP contribution in [0.15, 0.2) is 18.3 Å². The molecule has 1 aromatic rings. The first-order chi connectivity index (χ1) is 8.86. The normalized spacial score (nSPS) is 20.4. The number of hydrogen-bond donors (Lipinski definition) is 1. The quantitative estimate of drug-likeness (QED) is 0.854. The van der Waals surface area contributed by atoms with Gasteiger partial charge >= 0.3 is 0 Å². The van der Waals surface area contributed by atoms with Gasteiger partial charge in [0.1, 0.15) is 0 Å². The van der Waals surface area contributed by atoms with Crippen LogP contribution in [0.25, 0.3) is 0 Å². The molecule has 0 spiro atoms. The molecular formula is C15H24N2S. The molecule has 3 heteroatoms. The smallest absolute Gasteiger partial charge is 0.0481 e. The summed E-state index contributed by atoms with van der Waals surface area (Å²) >= 11 is 1.94. The van der Waals surface area contributed by atoms with Crippen LogP contribution in [0.3, 0.4) is 0 Å². The van der Waals surface area contributed by atoms with Crippen LogP contribution in [-0.2, 0) is 6.42 Å². The summed E-state index contributed by atoms with van der Waals surface area (Å²) in [4.78, 5) is 4.67. The molecule has 2 nitrogen and oxygen atoms in total. The number of hydrogen-bond acceptors (Lipinski definition) is 3. The van der Waals surface area contributed by atoms with Gasteiger partial charge in [-0.1, -0.05) is 13.0 Å². The first kappa shape index (κ1) is 13.9. The molecule has 0 fully saturated rings. The number of thioether (sulfide) groups is 1. The molecule has 0 aromatic carbocycles. The molecule has 100 valence electrons. The van der Waals surface area contributed by atoms with Crippen molar-refractivity contribution < 1.29 is 0 Å². The third-order valence-electron chi connectivity index (χ3n) is 3.82. The van der Waals surface area contributed by atoms with E-state index >= 15 is 0 Å². The summed E-state index contributed by atoms with van der Waals surface area (Å²) in [6, 6.07) is 4.92. The first-order valence-corrected chi connectivity index (χ1v) is 8.42. The largest absolute Gasteiger partial charge is 0.314 e. The SMILES string of the molecule is CCNC(CCSC)C1CCCc2cccnc21. The van der Waals surface area contributed by atoms with Crippen molar-refractivity contribution in [3.8, 4) is 0 Å². The van der Waals surface area contributed by atoms with E-state index < -0.39 is 0 Å². The Kier molecular flexibility index (Phi) is 5.51. The third-order valence-corrected chi connectivity index (χ3v) is 4.47. The summed E-state index contributed by atoms with van der Waals surface area (Å²) in [5, 5.41) is 3.67. The number of aryl methyl sites for hydroxylation is 1. The number of aromatic nitrogens is 1. The van der Waals surface area contributed by atoms with Crippen molar-refractivity contribution in [2.75, 3.05) is 18.6 Å². The summed E-state index contributed by atoms with van der Waals surface area (Å²) in [7, 11) is 0. The molecule has 1 aliphatic rings. The lowest BCUT2D eigenvalue weighted by atomic mass is 9.81. The summed E-state index contributed by atoms with van der Waals surface area (Å²) in [6.45, 7) is 3.26. The molecule has 0 saturated carbocycles. The van der Waals surface area contributed by atoms with Crippen molar-refractivity contribution in [2.45, 2.75) is 44.6 Å². The highest BCUT2D eigenvalue weighted by atomic mass is 32.2. The van der Waals surface area contributed by atoms with Gasteiger partial charge in [-0.2, -0.15) is 11.8 Å². The number of pyridine rings is 1. The molecule has 18 heavy (non-hydrogen) atoms. The van der Waals surface area contributed by atoms with Gasteiger partial charge in [0.15, 0.2) is 0 Å². The second-order valence-corrected chi connectivity index (χ2v) is 5.98. The summed E-state index contributed by atoms with van der Waals surface area (Å²) in [6.07, 6.45) is 9.20. The molecule has 1 aromatic heterocycles. The van der Waals surface area contributed by atoms with Gasteiger partial charge in [0.05, 0.1) is 0 Å². The monoisotopic (exact) mass is 264 g/mol. The van der Waals surface area contributed by atoms with Gasteiger partial charge in [-0.25, -0.2) is 0 Å². The fraction of sp³-hybridized carbons (Fsp3) is 0.667. The van der Waals surface area contributed by atoms with Crippen molar-refractivity contribution in [1.29, 1.82) is 0 Å². The molecule has 0 saturated heterocycles. The van der Waals surface area contributed by atoms with Crippen LogP contribution in [0.5, 0.6) is 0 Å². The Morgan fingerprint density at radius 2 is 2.44 bits per heavy atom. The number of fused-ring (bicyclic) bond motifs is 1. The van der Waals surface area contributed by atoms with Crippen LogP contribution in [-0.4, -0.2) is 29.6 Å². The minimum atomic E-state index is 0.594. The second-order valence-electron chi connectivity index (χ2n) is 4.99.